The maximum atomic E-state index is 12.3. The highest BCUT2D eigenvalue weighted by atomic mass is 16.6. The summed E-state index contributed by atoms with van der Waals surface area (Å²) in [5.74, 6) is -3.69. The summed E-state index contributed by atoms with van der Waals surface area (Å²) in [6, 6.07) is 0. The van der Waals surface area contributed by atoms with E-state index in [4.69, 9.17) is 0 Å². The first-order chi connectivity index (χ1) is 12.3. The van der Waals surface area contributed by atoms with Crippen molar-refractivity contribution in [1.82, 2.24) is 0 Å². The summed E-state index contributed by atoms with van der Waals surface area (Å²) >= 11 is 0. The van der Waals surface area contributed by atoms with E-state index in [1.165, 1.54) is 6.92 Å². The molecule has 0 aromatic heterocycles. The number of unbranched alkanes of at least 4 members (excludes halogenated alkanes) is 1. The van der Waals surface area contributed by atoms with Gasteiger partial charge in [-0.05, 0) is 25.7 Å². The number of hydrogen-bond acceptors (Lipinski definition) is 6. The summed E-state index contributed by atoms with van der Waals surface area (Å²) in [5.41, 5.74) is -0.361. The molecule has 0 saturated carbocycles. The standard InChI is InChI=1S/C20H26O6/c1-4-13(2)10-8-6-5-7-9-11-14(3)18(23)17-19(24)15(12-16(21)22)26-20(17)25/h5-6,8,10-11,13,15,23H,4,7,9,12H2,1-3H3,(H,21,22)/p-2/b6-5+,10-8+,14-11+,18-17-. The van der Waals surface area contributed by atoms with Crippen LogP contribution < -0.4 is 10.2 Å². The zero-order valence-corrected chi connectivity index (χ0v) is 15.3. The normalized spacial score (nSPS) is 21.5. The summed E-state index contributed by atoms with van der Waals surface area (Å²) < 4.78 is 4.65. The Hall–Kier alpha value is -2.63. The number of carbonyl (C=O) groups excluding carboxylic acids is 3. The van der Waals surface area contributed by atoms with Gasteiger partial charge in [-0.1, -0.05) is 62.0 Å². The first-order valence-corrected chi connectivity index (χ1v) is 8.64. The van der Waals surface area contributed by atoms with Crippen molar-refractivity contribution in [2.75, 3.05) is 0 Å². The largest absolute Gasteiger partial charge is 0.872 e. The average molecular weight is 360 g/mol. The molecule has 0 N–H and O–H groups in total. The van der Waals surface area contributed by atoms with Gasteiger partial charge in [0.05, 0.1) is 5.57 Å². The van der Waals surface area contributed by atoms with Crippen LogP contribution in [-0.2, 0) is 19.1 Å². The Morgan fingerprint density at radius 2 is 1.92 bits per heavy atom. The van der Waals surface area contributed by atoms with Gasteiger partial charge < -0.3 is 19.7 Å². The number of cyclic esters (lactones) is 1. The predicted molar refractivity (Wildman–Crippen MR) is 92.3 cm³/mol. The van der Waals surface area contributed by atoms with E-state index in [2.05, 4.69) is 24.7 Å². The number of rotatable bonds is 9. The quantitative estimate of drug-likeness (QED) is 0.152. The maximum absolute atomic E-state index is 12.3. The Bertz CT molecular complexity index is 666. The molecule has 1 fully saturated rings. The minimum Gasteiger partial charge on any atom is -0.872 e. The zero-order chi connectivity index (χ0) is 19.7. The Balaban J connectivity index is 2.67. The molecule has 0 aliphatic carbocycles. The third-order valence-electron chi connectivity index (χ3n) is 4.04. The molecule has 0 spiro atoms. The van der Waals surface area contributed by atoms with Gasteiger partial charge >= 0.3 is 5.97 Å². The van der Waals surface area contributed by atoms with Crippen molar-refractivity contribution >= 4 is 17.7 Å². The van der Waals surface area contributed by atoms with Gasteiger partial charge in [0, 0.05) is 12.4 Å². The zero-order valence-electron chi connectivity index (χ0n) is 15.3. The minimum atomic E-state index is -1.52. The Kier molecular flexibility index (Phi) is 8.55. The van der Waals surface area contributed by atoms with Crippen molar-refractivity contribution in [2.45, 2.75) is 52.6 Å². The number of carboxylic acid groups (broad SMARTS) is 1. The minimum absolute atomic E-state index is 0.253. The van der Waals surface area contributed by atoms with Gasteiger partial charge in [0.2, 0.25) is 5.78 Å². The van der Waals surface area contributed by atoms with Gasteiger partial charge in [0.15, 0.2) is 6.10 Å². The Labute approximate surface area is 153 Å². The highest BCUT2D eigenvalue weighted by molar-refractivity contribution is 6.24. The van der Waals surface area contributed by atoms with Crippen LogP contribution in [0.25, 0.3) is 0 Å². The van der Waals surface area contributed by atoms with Gasteiger partial charge in [-0.3, -0.25) is 4.79 Å². The number of ether oxygens (including phenoxy) is 1. The molecule has 2 unspecified atom stereocenters. The Morgan fingerprint density at radius 3 is 2.54 bits per heavy atom. The lowest BCUT2D eigenvalue weighted by Gasteiger charge is -2.14. The SMILES string of the molecule is CCC(C)/C=C/C=C/CC/C=C(C)/C([O-])=C1/C(=O)OC(CC(=O)[O-])C1=O. The van der Waals surface area contributed by atoms with E-state index in [-0.39, 0.29) is 5.57 Å². The average Bonchev–Trinajstić information content (AvgIpc) is 2.85. The van der Waals surface area contributed by atoms with Crippen LogP contribution in [0.15, 0.2) is 47.3 Å². The van der Waals surface area contributed by atoms with Crippen molar-refractivity contribution in [3.05, 3.63) is 47.3 Å². The van der Waals surface area contributed by atoms with Crippen LogP contribution in [-0.4, -0.2) is 23.8 Å². The van der Waals surface area contributed by atoms with Crippen molar-refractivity contribution in [2.24, 2.45) is 5.92 Å². The maximum Gasteiger partial charge on any atom is 0.342 e. The fourth-order valence-electron chi connectivity index (χ4n) is 2.24. The second-order valence-electron chi connectivity index (χ2n) is 6.20. The lowest BCUT2D eigenvalue weighted by Crippen LogP contribution is -2.30. The van der Waals surface area contributed by atoms with E-state index in [1.807, 2.05) is 18.2 Å². The van der Waals surface area contributed by atoms with Crippen molar-refractivity contribution < 1.29 is 29.3 Å². The lowest BCUT2D eigenvalue weighted by atomic mass is 10.0. The molecule has 1 rings (SSSR count). The number of carboxylic acids is 1. The summed E-state index contributed by atoms with van der Waals surface area (Å²) in [4.78, 5) is 34.2. The molecule has 142 valence electrons. The monoisotopic (exact) mass is 360 g/mol. The predicted octanol–water partition coefficient (Wildman–Crippen LogP) is 1.12. The summed E-state index contributed by atoms with van der Waals surface area (Å²) in [7, 11) is 0. The first kappa shape index (κ1) is 21.4. The van der Waals surface area contributed by atoms with E-state index in [9.17, 15) is 24.6 Å². The van der Waals surface area contributed by atoms with Gasteiger partial charge in [-0.15, -0.1) is 0 Å². The molecule has 1 heterocycles. The lowest BCUT2D eigenvalue weighted by molar-refractivity contribution is -0.307. The molecule has 1 saturated heterocycles. The second-order valence-corrected chi connectivity index (χ2v) is 6.20. The molecule has 1 aliphatic heterocycles. The molecule has 1 aliphatic rings. The molecular formula is C20H24O6-2. The fourth-order valence-corrected chi connectivity index (χ4v) is 2.24. The van der Waals surface area contributed by atoms with Crippen molar-refractivity contribution in [1.29, 1.82) is 0 Å². The molecular weight excluding hydrogens is 336 g/mol. The fraction of sp³-hybridized carbons (Fsp3) is 0.450. The molecule has 0 aromatic carbocycles. The molecule has 0 amide bonds. The summed E-state index contributed by atoms with van der Waals surface area (Å²) in [6.07, 6.45) is 9.77. The third kappa shape index (κ3) is 6.35. The van der Waals surface area contributed by atoms with Gasteiger partial charge in [-0.2, -0.15) is 0 Å². The number of carbonyl (C=O) groups is 3. The highest BCUT2D eigenvalue weighted by Crippen LogP contribution is 2.23. The van der Waals surface area contributed by atoms with E-state index in [0.717, 1.165) is 6.42 Å². The van der Waals surface area contributed by atoms with E-state index in [1.54, 1.807) is 6.08 Å². The first-order valence-electron chi connectivity index (χ1n) is 8.64. The molecule has 6 heteroatoms. The number of allylic oxidation sites excluding steroid dienone is 6. The molecule has 2 atom stereocenters. The van der Waals surface area contributed by atoms with Crippen LogP contribution in [0.2, 0.25) is 0 Å². The van der Waals surface area contributed by atoms with Crippen molar-refractivity contribution in [3.63, 3.8) is 0 Å². The van der Waals surface area contributed by atoms with Gasteiger partial charge in [-0.25, -0.2) is 4.79 Å². The highest BCUT2D eigenvalue weighted by Gasteiger charge is 2.38. The van der Waals surface area contributed by atoms with E-state index < -0.39 is 41.6 Å². The molecule has 0 aromatic rings. The van der Waals surface area contributed by atoms with Gasteiger partial charge in [0.25, 0.3) is 0 Å². The smallest absolute Gasteiger partial charge is 0.342 e. The molecule has 26 heavy (non-hydrogen) atoms. The third-order valence-corrected chi connectivity index (χ3v) is 4.04. The molecule has 0 radical (unpaired) electrons. The van der Waals surface area contributed by atoms with E-state index in [0.29, 0.717) is 18.8 Å². The van der Waals surface area contributed by atoms with Crippen LogP contribution >= 0.6 is 0 Å². The number of ketones is 1. The number of esters is 1. The molecule has 0 bridgehead atoms. The van der Waals surface area contributed by atoms with E-state index >= 15 is 0 Å². The Morgan fingerprint density at radius 1 is 1.23 bits per heavy atom. The topological polar surface area (TPSA) is 107 Å². The van der Waals surface area contributed by atoms with Crippen LogP contribution in [0.1, 0.15) is 46.5 Å². The number of aliphatic carboxylic acids is 1. The van der Waals surface area contributed by atoms with Crippen molar-refractivity contribution in [3.8, 4) is 0 Å². The molecule has 6 nitrogen and oxygen atoms in total. The van der Waals surface area contributed by atoms with Crippen LogP contribution in [0, 0.1) is 5.92 Å². The summed E-state index contributed by atoms with van der Waals surface area (Å²) in [6.45, 7) is 5.76. The van der Waals surface area contributed by atoms with Gasteiger partial charge in [0.1, 0.15) is 0 Å². The summed E-state index contributed by atoms with van der Waals surface area (Å²) in [5, 5.41) is 22.8. The van der Waals surface area contributed by atoms with Crippen LogP contribution in [0.3, 0.4) is 0 Å². The van der Waals surface area contributed by atoms with Crippen LogP contribution in [0.5, 0.6) is 0 Å². The van der Waals surface area contributed by atoms with Crippen LogP contribution in [0.4, 0.5) is 0 Å². The number of Topliss-reactive ketones (excluding diaryl/α,β-unsaturated/α-hetero) is 1. The number of hydrogen-bond donors (Lipinski definition) is 0. The second kappa shape index (κ2) is 10.4.